The summed E-state index contributed by atoms with van der Waals surface area (Å²) in [6, 6.07) is 1.63. The second kappa shape index (κ2) is 9.72. The number of carbonyl (C=O) groups excluding carboxylic acids is 1. The molecule has 1 unspecified atom stereocenters. The zero-order valence-electron chi connectivity index (χ0n) is 21.1. The summed E-state index contributed by atoms with van der Waals surface area (Å²) in [5.74, 6) is -0.476. The number of anilines is 2. The number of nitrogens with one attached hydrogen (secondary N) is 2. The first-order chi connectivity index (χ1) is 17.6. The molecule has 2 fully saturated rings. The van der Waals surface area contributed by atoms with Crippen LogP contribution in [0.4, 0.5) is 11.6 Å². The van der Waals surface area contributed by atoms with Gasteiger partial charge < -0.3 is 25.6 Å². The van der Waals surface area contributed by atoms with Gasteiger partial charge in [0.15, 0.2) is 17.6 Å². The van der Waals surface area contributed by atoms with Crippen LogP contribution in [0.5, 0.6) is 5.88 Å². The number of carbonyl (C=O) groups is 1. The molecule has 1 amide bonds. The molecule has 1 saturated carbocycles. The molecule has 198 valence electrons. The van der Waals surface area contributed by atoms with E-state index in [1.807, 2.05) is 25.7 Å². The molecule has 2 aliphatic rings. The van der Waals surface area contributed by atoms with Crippen LogP contribution in [0.1, 0.15) is 55.9 Å². The number of hydrogen-bond donors (Lipinski definition) is 4. The van der Waals surface area contributed by atoms with E-state index in [1.165, 1.54) is 21.5 Å². The normalized spacial score (nSPS) is 17.6. The van der Waals surface area contributed by atoms with Gasteiger partial charge in [-0.25, -0.2) is 4.98 Å². The highest BCUT2D eigenvalue weighted by Crippen LogP contribution is 2.26. The Labute approximate surface area is 213 Å². The second-order valence-corrected chi connectivity index (χ2v) is 10.7. The minimum absolute atomic E-state index is 0.0243. The number of aliphatic hydroxyl groups is 1. The van der Waals surface area contributed by atoms with Crippen molar-refractivity contribution < 1.29 is 19.7 Å². The van der Waals surface area contributed by atoms with Gasteiger partial charge in [0.1, 0.15) is 17.2 Å². The van der Waals surface area contributed by atoms with Gasteiger partial charge in [-0.2, -0.15) is 4.52 Å². The van der Waals surface area contributed by atoms with E-state index in [1.54, 1.807) is 6.07 Å². The largest absolute Gasteiger partial charge is 0.492 e. The lowest BCUT2D eigenvalue weighted by atomic mass is 9.97. The quantitative estimate of drug-likeness (QED) is 0.360. The number of aromatic hydroxyl groups is 1. The monoisotopic (exact) mass is 512 g/mol. The van der Waals surface area contributed by atoms with Gasteiger partial charge in [-0.15, -0.1) is 5.10 Å². The Morgan fingerprint density at radius 3 is 2.54 bits per heavy atom. The van der Waals surface area contributed by atoms with Crippen LogP contribution >= 0.6 is 0 Å². The molecular formula is C24H32N8O5. The van der Waals surface area contributed by atoms with E-state index in [0.717, 1.165) is 12.8 Å². The molecule has 5 rings (SSSR count). The van der Waals surface area contributed by atoms with Crippen molar-refractivity contribution in [2.24, 2.45) is 5.41 Å². The predicted octanol–water partition coefficient (Wildman–Crippen LogP) is 0.997. The second-order valence-electron chi connectivity index (χ2n) is 10.7. The third-order valence-corrected chi connectivity index (χ3v) is 6.21. The summed E-state index contributed by atoms with van der Waals surface area (Å²) >= 11 is 0. The predicted molar refractivity (Wildman–Crippen MR) is 134 cm³/mol. The maximum atomic E-state index is 13.3. The maximum Gasteiger partial charge on any atom is 0.270 e. The maximum absolute atomic E-state index is 13.3. The molecule has 0 bridgehead atoms. The molecule has 37 heavy (non-hydrogen) atoms. The first kappa shape index (κ1) is 25.1. The van der Waals surface area contributed by atoms with E-state index in [9.17, 15) is 19.8 Å². The first-order valence-corrected chi connectivity index (χ1v) is 12.4. The first-order valence-electron chi connectivity index (χ1n) is 12.4. The molecule has 3 aromatic rings. The number of fused-ring (bicyclic) bond motifs is 1. The third kappa shape index (κ3) is 5.43. The summed E-state index contributed by atoms with van der Waals surface area (Å²) in [5, 5.41) is 31.6. The zero-order chi connectivity index (χ0) is 26.3. The summed E-state index contributed by atoms with van der Waals surface area (Å²) in [5.41, 5.74) is -0.461. The fourth-order valence-electron chi connectivity index (χ4n) is 4.21. The number of ether oxygens (including phenoxy) is 1. The molecule has 1 atom stereocenters. The Morgan fingerprint density at radius 2 is 1.92 bits per heavy atom. The SMILES string of the molecule is CC(C)(C)Cn1c(=O)c(C(=O)NC2CC2)c(O)n2nc(Nc3cnc(C(O)N4CCOCC4)cn3)cc12. The highest BCUT2D eigenvalue weighted by molar-refractivity contribution is 5.96. The number of nitrogens with zero attached hydrogens (tertiary/aromatic N) is 6. The Kier molecular flexibility index (Phi) is 6.60. The lowest BCUT2D eigenvalue weighted by Gasteiger charge is -2.30. The van der Waals surface area contributed by atoms with Crippen molar-refractivity contribution in [1.29, 1.82) is 0 Å². The lowest BCUT2D eigenvalue weighted by Crippen LogP contribution is -2.39. The highest BCUT2D eigenvalue weighted by Gasteiger charge is 2.30. The van der Waals surface area contributed by atoms with Crippen LogP contribution in [0.25, 0.3) is 5.65 Å². The molecular weight excluding hydrogens is 480 g/mol. The fourth-order valence-corrected chi connectivity index (χ4v) is 4.21. The number of morpholine rings is 1. The Morgan fingerprint density at radius 1 is 1.19 bits per heavy atom. The number of amides is 1. The molecule has 13 nitrogen and oxygen atoms in total. The molecule has 13 heteroatoms. The van der Waals surface area contributed by atoms with Gasteiger partial charge >= 0.3 is 0 Å². The van der Waals surface area contributed by atoms with Crippen molar-refractivity contribution in [3.63, 3.8) is 0 Å². The molecule has 4 heterocycles. The molecule has 0 radical (unpaired) electrons. The van der Waals surface area contributed by atoms with Crippen LogP contribution < -0.4 is 16.2 Å². The van der Waals surface area contributed by atoms with Crippen LogP contribution in [0.3, 0.4) is 0 Å². The number of aliphatic hydroxyl groups excluding tert-OH is 1. The van der Waals surface area contributed by atoms with Gasteiger partial charge in [0.25, 0.3) is 11.5 Å². The average Bonchev–Trinajstić information content (AvgIpc) is 3.57. The highest BCUT2D eigenvalue weighted by atomic mass is 16.5. The summed E-state index contributed by atoms with van der Waals surface area (Å²) in [7, 11) is 0. The topological polar surface area (TPSA) is 159 Å². The Bertz CT molecular complexity index is 1350. The van der Waals surface area contributed by atoms with E-state index < -0.39 is 23.6 Å². The summed E-state index contributed by atoms with van der Waals surface area (Å²) in [6.45, 7) is 8.54. The van der Waals surface area contributed by atoms with Gasteiger partial charge in [0.2, 0.25) is 5.88 Å². The molecule has 1 aliphatic carbocycles. The average molecular weight is 513 g/mol. The van der Waals surface area contributed by atoms with E-state index >= 15 is 0 Å². The van der Waals surface area contributed by atoms with Crippen LogP contribution in [0, 0.1) is 5.41 Å². The van der Waals surface area contributed by atoms with E-state index in [2.05, 4.69) is 25.7 Å². The Hall–Kier alpha value is -3.55. The molecule has 0 aromatic carbocycles. The van der Waals surface area contributed by atoms with Gasteiger partial charge in [0.05, 0.1) is 25.6 Å². The van der Waals surface area contributed by atoms with Crippen molar-refractivity contribution in [2.45, 2.75) is 52.4 Å². The molecule has 1 aliphatic heterocycles. The van der Waals surface area contributed by atoms with Crippen molar-refractivity contribution in [2.75, 3.05) is 31.6 Å². The molecule has 1 saturated heterocycles. The Balaban J connectivity index is 1.45. The van der Waals surface area contributed by atoms with E-state index in [0.29, 0.717) is 55.8 Å². The van der Waals surface area contributed by atoms with Crippen LogP contribution in [0.2, 0.25) is 0 Å². The van der Waals surface area contributed by atoms with Gasteiger partial charge in [0, 0.05) is 31.7 Å². The standard InChI is InChI=1S/C24H32N8O5/c1-24(2,3)13-31-18-10-16(29-32(18)23(36)19(22(31)35)20(33)27-14-4-5-14)28-17-12-25-15(11-26-17)21(34)30-6-8-37-9-7-30/h10-12,14,21,34,36H,4-9,13H2,1-3H3,(H,27,33)(H,26,28,29). The number of aromatic nitrogens is 5. The minimum atomic E-state index is -0.885. The van der Waals surface area contributed by atoms with Crippen LogP contribution in [0.15, 0.2) is 23.3 Å². The van der Waals surface area contributed by atoms with Crippen LogP contribution in [-0.4, -0.2) is 77.5 Å². The third-order valence-electron chi connectivity index (χ3n) is 6.21. The van der Waals surface area contributed by atoms with Crippen LogP contribution in [-0.2, 0) is 11.3 Å². The smallest absolute Gasteiger partial charge is 0.270 e. The molecule has 0 spiro atoms. The van der Waals surface area contributed by atoms with Crippen molar-refractivity contribution >= 4 is 23.2 Å². The van der Waals surface area contributed by atoms with Gasteiger partial charge in [-0.05, 0) is 18.3 Å². The fraction of sp³-hybridized carbons (Fsp3) is 0.542. The summed E-state index contributed by atoms with van der Waals surface area (Å²) in [6.07, 6.45) is 3.77. The molecule has 3 aromatic heterocycles. The van der Waals surface area contributed by atoms with Gasteiger partial charge in [-0.3, -0.25) is 24.0 Å². The summed E-state index contributed by atoms with van der Waals surface area (Å²) in [4.78, 5) is 36.7. The van der Waals surface area contributed by atoms with Crippen molar-refractivity contribution in [1.82, 2.24) is 34.4 Å². The minimum Gasteiger partial charge on any atom is -0.492 e. The lowest BCUT2D eigenvalue weighted by molar-refractivity contribution is -0.0624. The zero-order valence-corrected chi connectivity index (χ0v) is 21.1. The van der Waals surface area contributed by atoms with E-state index in [4.69, 9.17) is 4.74 Å². The summed E-state index contributed by atoms with van der Waals surface area (Å²) < 4.78 is 7.95. The number of rotatable bonds is 7. The van der Waals surface area contributed by atoms with E-state index in [-0.39, 0.29) is 17.0 Å². The number of hydrogen-bond acceptors (Lipinski definition) is 10. The van der Waals surface area contributed by atoms with Crippen molar-refractivity contribution in [3.05, 3.63) is 40.1 Å². The molecule has 4 N–H and O–H groups in total. The van der Waals surface area contributed by atoms with Gasteiger partial charge in [-0.1, -0.05) is 20.8 Å². The van der Waals surface area contributed by atoms with Crippen molar-refractivity contribution in [3.8, 4) is 5.88 Å².